The SMILES string of the molecule is CCCC1Oc2cccnc2N(Cc2ccccc2)C1=O. The Balaban J connectivity index is 1.94. The summed E-state index contributed by atoms with van der Waals surface area (Å²) in [6.07, 6.45) is 2.91. The highest BCUT2D eigenvalue weighted by molar-refractivity contribution is 5.98. The van der Waals surface area contributed by atoms with Gasteiger partial charge >= 0.3 is 0 Å². The third kappa shape index (κ3) is 2.75. The van der Waals surface area contributed by atoms with Crippen molar-refractivity contribution >= 4 is 11.7 Å². The van der Waals surface area contributed by atoms with Gasteiger partial charge in [0.05, 0.1) is 6.54 Å². The first-order valence-electron chi connectivity index (χ1n) is 7.26. The fourth-order valence-corrected chi connectivity index (χ4v) is 2.52. The van der Waals surface area contributed by atoms with Crippen molar-refractivity contribution < 1.29 is 9.53 Å². The molecular weight excluding hydrogens is 264 g/mol. The molecule has 1 aromatic carbocycles. The number of hydrogen-bond acceptors (Lipinski definition) is 3. The highest BCUT2D eigenvalue weighted by Crippen LogP contribution is 2.33. The van der Waals surface area contributed by atoms with Crippen molar-refractivity contribution in [2.45, 2.75) is 32.4 Å². The molecule has 4 nitrogen and oxygen atoms in total. The van der Waals surface area contributed by atoms with E-state index in [-0.39, 0.29) is 5.91 Å². The molecule has 0 fully saturated rings. The second-order valence-electron chi connectivity index (χ2n) is 5.13. The number of pyridine rings is 1. The molecule has 1 atom stereocenters. The highest BCUT2D eigenvalue weighted by Gasteiger charge is 2.34. The quantitative estimate of drug-likeness (QED) is 0.865. The Morgan fingerprint density at radius 1 is 1.19 bits per heavy atom. The number of carbonyl (C=O) groups is 1. The predicted octanol–water partition coefficient (Wildman–Crippen LogP) is 3.18. The van der Waals surface area contributed by atoms with Crippen molar-refractivity contribution in [3.8, 4) is 5.75 Å². The summed E-state index contributed by atoms with van der Waals surface area (Å²) in [7, 11) is 0. The van der Waals surface area contributed by atoms with E-state index in [9.17, 15) is 4.79 Å². The topological polar surface area (TPSA) is 42.4 Å². The molecule has 1 aliphatic heterocycles. The van der Waals surface area contributed by atoms with E-state index in [2.05, 4.69) is 11.9 Å². The van der Waals surface area contributed by atoms with Crippen LogP contribution < -0.4 is 9.64 Å². The average molecular weight is 282 g/mol. The van der Waals surface area contributed by atoms with Crippen LogP contribution in [-0.2, 0) is 11.3 Å². The van der Waals surface area contributed by atoms with Crippen molar-refractivity contribution in [3.63, 3.8) is 0 Å². The summed E-state index contributed by atoms with van der Waals surface area (Å²) in [5, 5.41) is 0. The molecule has 1 aromatic heterocycles. The Morgan fingerprint density at radius 3 is 2.76 bits per heavy atom. The minimum atomic E-state index is -0.407. The van der Waals surface area contributed by atoms with Crippen LogP contribution in [0.4, 0.5) is 5.82 Å². The molecule has 1 amide bonds. The number of aromatic nitrogens is 1. The molecule has 1 unspecified atom stereocenters. The molecule has 2 aromatic rings. The van der Waals surface area contributed by atoms with E-state index in [0.717, 1.165) is 18.4 Å². The monoisotopic (exact) mass is 282 g/mol. The largest absolute Gasteiger partial charge is 0.477 e. The molecule has 0 bridgehead atoms. The van der Waals surface area contributed by atoms with Gasteiger partial charge in [-0.15, -0.1) is 0 Å². The zero-order valence-electron chi connectivity index (χ0n) is 12.0. The Morgan fingerprint density at radius 2 is 2.00 bits per heavy atom. The summed E-state index contributed by atoms with van der Waals surface area (Å²) in [5.41, 5.74) is 1.08. The van der Waals surface area contributed by atoms with E-state index in [1.54, 1.807) is 11.1 Å². The maximum atomic E-state index is 12.6. The van der Waals surface area contributed by atoms with Crippen LogP contribution in [-0.4, -0.2) is 17.0 Å². The third-order valence-corrected chi connectivity index (χ3v) is 3.55. The number of rotatable bonds is 4. The molecule has 4 heteroatoms. The number of carbonyl (C=O) groups excluding carboxylic acids is 1. The van der Waals surface area contributed by atoms with Gasteiger partial charge in [-0.25, -0.2) is 4.98 Å². The molecule has 0 aliphatic carbocycles. The fraction of sp³-hybridized carbons (Fsp3) is 0.294. The summed E-state index contributed by atoms with van der Waals surface area (Å²) in [6, 6.07) is 13.6. The van der Waals surface area contributed by atoms with Gasteiger partial charge in [0, 0.05) is 6.20 Å². The smallest absolute Gasteiger partial charge is 0.269 e. The van der Waals surface area contributed by atoms with Crippen molar-refractivity contribution in [2.75, 3.05) is 4.90 Å². The molecule has 0 spiro atoms. The van der Waals surface area contributed by atoms with Crippen LogP contribution in [0.3, 0.4) is 0 Å². The van der Waals surface area contributed by atoms with E-state index in [0.29, 0.717) is 18.1 Å². The van der Waals surface area contributed by atoms with Gasteiger partial charge in [0.1, 0.15) is 0 Å². The molecule has 3 rings (SSSR count). The number of amides is 1. The summed E-state index contributed by atoms with van der Waals surface area (Å²) in [6.45, 7) is 2.57. The summed E-state index contributed by atoms with van der Waals surface area (Å²) >= 11 is 0. The van der Waals surface area contributed by atoms with Crippen molar-refractivity contribution in [2.24, 2.45) is 0 Å². The van der Waals surface area contributed by atoms with Crippen molar-refractivity contribution in [1.29, 1.82) is 0 Å². The van der Waals surface area contributed by atoms with Crippen LogP contribution in [0.5, 0.6) is 5.75 Å². The lowest BCUT2D eigenvalue weighted by atomic mass is 10.1. The maximum absolute atomic E-state index is 12.6. The lowest BCUT2D eigenvalue weighted by Gasteiger charge is -2.33. The van der Waals surface area contributed by atoms with Gasteiger partial charge in [0.15, 0.2) is 17.7 Å². The van der Waals surface area contributed by atoms with Crippen molar-refractivity contribution in [1.82, 2.24) is 4.98 Å². The van der Waals surface area contributed by atoms with Gasteiger partial charge in [-0.1, -0.05) is 43.7 Å². The molecule has 21 heavy (non-hydrogen) atoms. The molecule has 0 N–H and O–H groups in total. The predicted molar refractivity (Wildman–Crippen MR) is 81.2 cm³/mol. The summed E-state index contributed by atoms with van der Waals surface area (Å²) in [4.78, 5) is 18.7. The summed E-state index contributed by atoms with van der Waals surface area (Å²) < 4.78 is 5.80. The van der Waals surface area contributed by atoms with Crippen LogP contribution in [0.1, 0.15) is 25.3 Å². The summed E-state index contributed by atoms with van der Waals surface area (Å²) in [5.74, 6) is 1.29. The second kappa shape index (κ2) is 5.95. The van der Waals surface area contributed by atoms with Gasteiger partial charge in [-0.3, -0.25) is 9.69 Å². The fourth-order valence-electron chi connectivity index (χ4n) is 2.52. The van der Waals surface area contributed by atoms with Gasteiger partial charge < -0.3 is 4.74 Å². The van der Waals surface area contributed by atoms with Gasteiger partial charge in [-0.2, -0.15) is 0 Å². The van der Waals surface area contributed by atoms with Gasteiger partial charge in [0.2, 0.25) is 0 Å². The Kier molecular flexibility index (Phi) is 3.86. The lowest BCUT2D eigenvalue weighted by molar-refractivity contribution is -0.126. The van der Waals surface area contributed by atoms with E-state index < -0.39 is 6.10 Å². The lowest BCUT2D eigenvalue weighted by Crippen LogP contribution is -2.45. The van der Waals surface area contributed by atoms with E-state index in [1.807, 2.05) is 42.5 Å². The average Bonchev–Trinajstić information content (AvgIpc) is 2.52. The van der Waals surface area contributed by atoms with Crippen LogP contribution in [0.15, 0.2) is 48.7 Å². The van der Waals surface area contributed by atoms with E-state index in [4.69, 9.17) is 4.74 Å². The number of fused-ring (bicyclic) bond motifs is 1. The highest BCUT2D eigenvalue weighted by atomic mass is 16.5. The van der Waals surface area contributed by atoms with Crippen molar-refractivity contribution in [3.05, 3.63) is 54.2 Å². The van der Waals surface area contributed by atoms with Gasteiger partial charge in [-0.05, 0) is 24.1 Å². The van der Waals surface area contributed by atoms with Crippen LogP contribution in [0.25, 0.3) is 0 Å². The number of nitrogens with zero attached hydrogens (tertiary/aromatic N) is 2. The number of hydrogen-bond donors (Lipinski definition) is 0. The third-order valence-electron chi connectivity index (χ3n) is 3.55. The molecule has 1 aliphatic rings. The maximum Gasteiger partial charge on any atom is 0.269 e. The standard InChI is InChI=1S/C17H18N2O2/c1-2-7-15-17(20)19(12-13-8-4-3-5-9-13)16-14(21-15)10-6-11-18-16/h3-6,8-11,15H,2,7,12H2,1H3. The first-order chi connectivity index (χ1) is 10.3. The van der Waals surface area contributed by atoms with E-state index in [1.165, 1.54) is 0 Å². The Hall–Kier alpha value is -2.36. The van der Waals surface area contributed by atoms with E-state index >= 15 is 0 Å². The van der Waals surface area contributed by atoms with Crippen LogP contribution in [0, 0.1) is 0 Å². The molecule has 108 valence electrons. The molecule has 0 radical (unpaired) electrons. The van der Waals surface area contributed by atoms with Crippen LogP contribution >= 0.6 is 0 Å². The minimum Gasteiger partial charge on any atom is -0.477 e. The molecule has 0 saturated carbocycles. The number of benzene rings is 1. The van der Waals surface area contributed by atoms with Gasteiger partial charge in [0.25, 0.3) is 5.91 Å². The zero-order valence-corrected chi connectivity index (χ0v) is 12.0. The normalized spacial score (nSPS) is 17.3. The van der Waals surface area contributed by atoms with Crippen LogP contribution in [0.2, 0.25) is 0 Å². The Labute approximate surface area is 124 Å². The number of anilines is 1. The first-order valence-corrected chi connectivity index (χ1v) is 7.26. The first kappa shape index (κ1) is 13.6. The number of ether oxygens (including phenoxy) is 1. The minimum absolute atomic E-state index is 0.00750. The Bertz CT molecular complexity index is 628. The second-order valence-corrected chi connectivity index (χ2v) is 5.13. The molecule has 2 heterocycles. The molecular formula is C17H18N2O2. The zero-order chi connectivity index (χ0) is 14.7. The molecule has 0 saturated heterocycles.